The molecule has 2 rings (SSSR count). The zero-order valence-electron chi connectivity index (χ0n) is 10.7. The van der Waals surface area contributed by atoms with Gasteiger partial charge in [-0.15, -0.1) is 0 Å². The van der Waals surface area contributed by atoms with E-state index in [0.717, 1.165) is 40.1 Å². The van der Waals surface area contributed by atoms with Crippen LogP contribution in [0.4, 0.5) is 11.4 Å². The highest BCUT2D eigenvalue weighted by Crippen LogP contribution is 2.21. The first-order chi connectivity index (χ1) is 9.16. The van der Waals surface area contributed by atoms with Crippen LogP contribution in [0.5, 0.6) is 0 Å². The van der Waals surface area contributed by atoms with Gasteiger partial charge in [0.1, 0.15) is 0 Å². The predicted molar refractivity (Wildman–Crippen MR) is 84.6 cm³/mol. The van der Waals surface area contributed by atoms with Crippen molar-refractivity contribution in [1.29, 1.82) is 0 Å². The smallest absolute Gasteiger partial charge is 0.0637 e. The number of hydrogen-bond donors (Lipinski definition) is 2. The van der Waals surface area contributed by atoms with E-state index in [0.29, 0.717) is 0 Å². The quantitative estimate of drug-likeness (QED) is 0.772. The van der Waals surface area contributed by atoms with Gasteiger partial charge < -0.3 is 10.6 Å². The maximum absolute atomic E-state index is 6.07. The Labute approximate surface area is 123 Å². The molecule has 0 saturated heterocycles. The van der Waals surface area contributed by atoms with E-state index in [1.807, 2.05) is 49.4 Å². The number of anilines is 2. The average molecular weight is 295 g/mol. The van der Waals surface area contributed by atoms with Crippen LogP contribution in [-0.2, 0) is 0 Å². The Morgan fingerprint density at radius 3 is 2.37 bits per heavy atom. The van der Waals surface area contributed by atoms with E-state index in [1.54, 1.807) is 0 Å². The van der Waals surface area contributed by atoms with E-state index in [4.69, 9.17) is 23.2 Å². The lowest BCUT2D eigenvalue weighted by Crippen LogP contribution is -2.13. The number of rotatable bonds is 5. The van der Waals surface area contributed by atoms with Gasteiger partial charge in [0, 0.05) is 23.8 Å². The third-order valence-corrected chi connectivity index (χ3v) is 3.55. The normalized spacial score (nSPS) is 10.3. The Morgan fingerprint density at radius 2 is 1.63 bits per heavy atom. The first kappa shape index (κ1) is 14.0. The Morgan fingerprint density at radius 1 is 0.895 bits per heavy atom. The van der Waals surface area contributed by atoms with Gasteiger partial charge in [0.05, 0.1) is 10.7 Å². The monoisotopic (exact) mass is 294 g/mol. The van der Waals surface area contributed by atoms with Crippen LogP contribution in [0, 0.1) is 6.92 Å². The van der Waals surface area contributed by atoms with Crippen molar-refractivity contribution in [3.8, 4) is 0 Å². The second-order valence-electron chi connectivity index (χ2n) is 4.30. The maximum atomic E-state index is 6.07. The molecule has 0 aliphatic rings. The van der Waals surface area contributed by atoms with Crippen molar-refractivity contribution in [1.82, 2.24) is 0 Å². The Balaban J connectivity index is 1.81. The molecule has 0 bridgehead atoms. The van der Waals surface area contributed by atoms with E-state index in [2.05, 4.69) is 10.6 Å². The summed E-state index contributed by atoms with van der Waals surface area (Å²) in [5.74, 6) is 0. The molecule has 0 aromatic heterocycles. The molecule has 2 aromatic rings. The van der Waals surface area contributed by atoms with E-state index in [9.17, 15) is 0 Å². The largest absolute Gasteiger partial charge is 0.383 e. The summed E-state index contributed by atoms with van der Waals surface area (Å²) in [5.41, 5.74) is 3.06. The summed E-state index contributed by atoms with van der Waals surface area (Å²) in [6.07, 6.45) is 0. The van der Waals surface area contributed by atoms with Crippen molar-refractivity contribution in [3.63, 3.8) is 0 Å². The molecule has 0 saturated carbocycles. The fraction of sp³-hybridized carbons (Fsp3) is 0.200. The van der Waals surface area contributed by atoms with Gasteiger partial charge in [-0.3, -0.25) is 0 Å². The molecule has 19 heavy (non-hydrogen) atoms. The van der Waals surface area contributed by atoms with Gasteiger partial charge >= 0.3 is 0 Å². The molecule has 100 valence electrons. The summed E-state index contributed by atoms with van der Waals surface area (Å²) in [6.45, 7) is 3.57. The minimum Gasteiger partial charge on any atom is -0.383 e. The lowest BCUT2D eigenvalue weighted by atomic mass is 10.2. The van der Waals surface area contributed by atoms with Gasteiger partial charge in [-0.25, -0.2) is 0 Å². The summed E-state index contributed by atoms with van der Waals surface area (Å²) >= 11 is 12.1. The van der Waals surface area contributed by atoms with Gasteiger partial charge in [0.15, 0.2) is 0 Å². The summed E-state index contributed by atoms with van der Waals surface area (Å²) < 4.78 is 0. The Kier molecular flexibility index (Phi) is 4.94. The fourth-order valence-electron chi connectivity index (χ4n) is 1.71. The van der Waals surface area contributed by atoms with Crippen LogP contribution in [-0.4, -0.2) is 13.1 Å². The van der Waals surface area contributed by atoms with Crippen LogP contribution in [0.2, 0.25) is 10.0 Å². The minimum absolute atomic E-state index is 0.737. The second kappa shape index (κ2) is 6.69. The van der Waals surface area contributed by atoms with Gasteiger partial charge in [-0.2, -0.15) is 0 Å². The minimum atomic E-state index is 0.737. The number of halogens is 2. The number of nitrogens with one attached hydrogen (secondary N) is 2. The van der Waals surface area contributed by atoms with Gasteiger partial charge in [0.2, 0.25) is 0 Å². The summed E-state index contributed by atoms with van der Waals surface area (Å²) in [4.78, 5) is 0. The van der Waals surface area contributed by atoms with Crippen molar-refractivity contribution >= 4 is 34.6 Å². The van der Waals surface area contributed by atoms with Crippen molar-refractivity contribution in [2.45, 2.75) is 6.92 Å². The molecule has 0 atom stereocenters. The third kappa shape index (κ3) is 4.05. The van der Waals surface area contributed by atoms with Crippen LogP contribution < -0.4 is 10.6 Å². The predicted octanol–water partition coefficient (Wildman–Crippen LogP) is 4.83. The lowest BCUT2D eigenvalue weighted by Gasteiger charge is -2.10. The summed E-state index contributed by atoms with van der Waals surface area (Å²) in [5, 5.41) is 8.11. The van der Waals surface area contributed by atoms with Crippen LogP contribution in [0.1, 0.15) is 5.56 Å². The highest BCUT2D eigenvalue weighted by Gasteiger charge is 1.99. The van der Waals surface area contributed by atoms with E-state index in [1.165, 1.54) is 0 Å². The second-order valence-corrected chi connectivity index (χ2v) is 5.11. The molecule has 0 spiro atoms. The van der Waals surface area contributed by atoms with Crippen molar-refractivity contribution < 1.29 is 0 Å². The SMILES string of the molecule is Cc1ccc(NCCNc2ccccc2Cl)cc1Cl. The third-order valence-electron chi connectivity index (χ3n) is 2.82. The highest BCUT2D eigenvalue weighted by molar-refractivity contribution is 6.33. The first-order valence-corrected chi connectivity index (χ1v) is 6.91. The Hall–Kier alpha value is -1.38. The molecule has 2 nitrogen and oxygen atoms in total. The standard InChI is InChI=1S/C15H16Cl2N2/c1-11-6-7-12(10-14(11)17)18-8-9-19-15-5-3-2-4-13(15)16/h2-7,10,18-19H,8-9H2,1H3. The molecule has 2 N–H and O–H groups in total. The maximum Gasteiger partial charge on any atom is 0.0637 e. The van der Waals surface area contributed by atoms with Crippen LogP contribution in [0.3, 0.4) is 0 Å². The van der Waals surface area contributed by atoms with Crippen LogP contribution >= 0.6 is 23.2 Å². The molecule has 0 amide bonds. The molecule has 0 unspecified atom stereocenters. The van der Waals surface area contributed by atoms with Crippen LogP contribution in [0.15, 0.2) is 42.5 Å². The first-order valence-electron chi connectivity index (χ1n) is 6.15. The van der Waals surface area contributed by atoms with Crippen molar-refractivity contribution in [3.05, 3.63) is 58.1 Å². The van der Waals surface area contributed by atoms with E-state index < -0.39 is 0 Å². The zero-order chi connectivity index (χ0) is 13.7. The Bertz CT molecular complexity index is 556. The number of aryl methyl sites for hydroxylation is 1. The molecule has 0 aliphatic carbocycles. The van der Waals surface area contributed by atoms with Gasteiger partial charge in [0.25, 0.3) is 0 Å². The number of para-hydroxylation sites is 1. The average Bonchev–Trinajstić information content (AvgIpc) is 2.40. The fourth-order valence-corrected chi connectivity index (χ4v) is 2.09. The molecule has 2 aromatic carbocycles. The van der Waals surface area contributed by atoms with Crippen molar-refractivity contribution in [2.24, 2.45) is 0 Å². The van der Waals surface area contributed by atoms with E-state index in [-0.39, 0.29) is 0 Å². The van der Waals surface area contributed by atoms with Crippen molar-refractivity contribution in [2.75, 3.05) is 23.7 Å². The molecule has 0 fully saturated rings. The van der Waals surface area contributed by atoms with Gasteiger partial charge in [-0.1, -0.05) is 41.4 Å². The molecular weight excluding hydrogens is 279 g/mol. The lowest BCUT2D eigenvalue weighted by molar-refractivity contribution is 1.08. The molecule has 0 aliphatic heterocycles. The zero-order valence-corrected chi connectivity index (χ0v) is 12.2. The van der Waals surface area contributed by atoms with Crippen LogP contribution in [0.25, 0.3) is 0 Å². The highest BCUT2D eigenvalue weighted by atomic mass is 35.5. The molecule has 0 radical (unpaired) electrons. The number of benzene rings is 2. The molecular formula is C15H16Cl2N2. The summed E-state index contributed by atoms with van der Waals surface area (Å²) in [7, 11) is 0. The van der Waals surface area contributed by atoms with E-state index >= 15 is 0 Å². The topological polar surface area (TPSA) is 24.1 Å². The molecule has 0 heterocycles. The summed E-state index contributed by atoms with van der Waals surface area (Å²) in [6, 6.07) is 13.7. The molecule has 4 heteroatoms. The number of hydrogen-bond acceptors (Lipinski definition) is 2. The van der Waals surface area contributed by atoms with Gasteiger partial charge in [-0.05, 0) is 36.8 Å².